The molecule has 64 valence electrons. The summed E-state index contributed by atoms with van der Waals surface area (Å²) < 4.78 is 0. The Labute approximate surface area is 74.2 Å². The van der Waals surface area contributed by atoms with Crippen LogP contribution < -0.4 is 0 Å². The van der Waals surface area contributed by atoms with Gasteiger partial charge in [0.05, 0.1) is 0 Å². The molecule has 0 aliphatic heterocycles. The molecule has 0 aromatic carbocycles. The lowest BCUT2D eigenvalue weighted by molar-refractivity contribution is 0.906. The van der Waals surface area contributed by atoms with Crippen LogP contribution in [-0.2, 0) is 0 Å². The highest BCUT2D eigenvalue weighted by molar-refractivity contribution is 5.54. The monoisotopic (exact) mass is 161 g/mol. The highest BCUT2D eigenvalue weighted by atomic mass is 14.6. The van der Waals surface area contributed by atoms with Crippen LogP contribution in [0.2, 0.25) is 0 Å². The largest absolute Gasteiger partial charge is 0.269 e. The number of hydrogen-bond acceptors (Lipinski definition) is 1. The molecule has 1 aliphatic carbocycles. The number of aliphatic imine (C=N–C) groups is 1. The Hall–Kier alpha value is -1.11. The summed E-state index contributed by atoms with van der Waals surface area (Å²) in [6.07, 6.45) is 11.3. The van der Waals surface area contributed by atoms with E-state index in [4.69, 9.17) is 0 Å². The zero-order valence-corrected chi connectivity index (χ0v) is 7.59. The molecule has 0 heterocycles. The van der Waals surface area contributed by atoms with Crippen LogP contribution in [0.15, 0.2) is 41.1 Å². The molecule has 0 amide bonds. The van der Waals surface area contributed by atoms with E-state index in [1.807, 2.05) is 19.2 Å². The quantitative estimate of drug-likeness (QED) is 0.563. The average Bonchev–Trinajstić information content (AvgIpc) is 2.52. The summed E-state index contributed by atoms with van der Waals surface area (Å²) in [4.78, 5) is 4.03. The molecule has 0 saturated heterocycles. The number of nitrogens with zero attached hydrogens (tertiary/aromatic N) is 1. The van der Waals surface area contributed by atoms with Gasteiger partial charge in [-0.15, -0.1) is 0 Å². The summed E-state index contributed by atoms with van der Waals surface area (Å²) in [5.74, 6) is 0. The third-order valence-corrected chi connectivity index (χ3v) is 2.06. The van der Waals surface area contributed by atoms with Crippen molar-refractivity contribution in [1.82, 2.24) is 0 Å². The predicted molar refractivity (Wildman–Crippen MR) is 54.4 cm³/mol. The summed E-state index contributed by atoms with van der Waals surface area (Å²) in [5, 5.41) is 0. The Morgan fingerprint density at radius 2 is 2.08 bits per heavy atom. The van der Waals surface area contributed by atoms with Crippen molar-refractivity contribution in [3.8, 4) is 0 Å². The van der Waals surface area contributed by atoms with Crippen molar-refractivity contribution in [3.63, 3.8) is 0 Å². The second-order valence-corrected chi connectivity index (χ2v) is 2.83. The van der Waals surface area contributed by atoms with Crippen LogP contribution in [0.4, 0.5) is 0 Å². The van der Waals surface area contributed by atoms with Crippen LogP contribution in [0.5, 0.6) is 0 Å². The minimum absolute atomic E-state index is 1.18. The maximum absolute atomic E-state index is 4.03. The van der Waals surface area contributed by atoms with Gasteiger partial charge in [-0.05, 0) is 43.4 Å². The van der Waals surface area contributed by atoms with Gasteiger partial charge in [-0.1, -0.05) is 12.7 Å². The topological polar surface area (TPSA) is 12.4 Å². The zero-order chi connectivity index (χ0) is 8.81. The first-order valence-corrected chi connectivity index (χ1v) is 4.37. The number of allylic oxidation sites excluding steroid dienone is 4. The fraction of sp³-hybridized carbons (Fsp3) is 0.364. The Morgan fingerprint density at radius 1 is 1.33 bits per heavy atom. The lowest BCUT2D eigenvalue weighted by Gasteiger charge is -1.93. The van der Waals surface area contributed by atoms with E-state index >= 15 is 0 Å². The molecule has 0 atom stereocenters. The SMILES string of the molecule is C=CC1=C(/C=C\N=C\C)CCC1. The summed E-state index contributed by atoms with van der Waals surface area (Å²) in [6.45, 7) is 5.71. The number of rotatable bonds is 3. The van der Waals surface area contributed by atoms with Crippen molar-refractivity contribution in [2.24, 2.45) is 4.99 Å². The molecule has 0 radical (unpaired) electrons. The highest BCUT2D eigenvalue weighted by Gasteiger charge is 2.08. The third-order valence-electron chi connectivity index (χ3n) is 2.06. The lowest BCUT2D eigenvalue weighted by Crippen LogP contribution is -1.73. The van der Waals surface area contributed by atoms with Crippen LogP contribution in [0.1, 0.15) is 26.2 Å². The fourth-order valence-corrected chi connectivity index (χ4v) is 1.43. The molecule has 0 saturated carbocycles. The van der Waals surface area contributed by atoms with Crippen molar-refractivity contribution >= 4 is 6.21 Å². The summed E-state index contributed by atoms with van der Waals surface area (Å²) in [5.41, 5.74) is 2.79. The van der Waals surface area contributed by atoms with E-state index in [9.17, 15) is 0 Å². The lowest BCUT2D eigenvalue weighted by atomic mass is 10.1. The van der Waals surface area contributed by atoms with E-state index < -0.39 is 0 Å². The first kappa shape index (κ1) is 8.98. The average molecular weight is 161 g/mol. The van der Waals surface area contributed by atoms with E-state index in [0.29, 0.717) is 0 Å². The normalized spacial score (nSPS) is 18.4. The molecule has 0 aromatic heterocycles. The van der Waals surface area contributed by atoms with Crippen molar-refractivity contribution in [1.29, 1.82) is 0 Å². The molecule has 0 spiro atoms. The van der Waals surface area contributed by atoms with Gasteiger partial charge in [-0.25, -0.2) is 0 Å². The number of hydrogen-bond donors (Lipinski definition) is 0. The highest BCUT2D eigenvalue weighted by Crippen LogP contribution is 2.27. The molecular weight excluding hydrogens is 146 g/mol. The second kappa shape index (κ2) is 4.70. The molecule has 12 heavy (non-hydrogen) atoms. The van der Waals surface area contributed by atoms with Crippen molar-refractivity contribution < 1.29 is 0 Å². The predicted octanol–water partition coefficient (Wildman–Crippen LogP) is 3.26. The minimum Gasteiger partial charge on any atom is -0.269 e. The molecule has 1 nitrogen and oxygen atoms in total. The molecule has 0 N–H and O–H groups in total. The second-order valence-electron chi connectivity index (χ2n) is 2.83. The Balaban J connectivity index is 2.66. The first-order valence-electron chi connectivity index (χ1n) is 4.37. The summed E-state index contributed by atoms with van der Waals surface area (Å²) in [6, 6.07) is 0. The van der Waals surface area contributed by atoms with E-state index in [0.717, 1.165) is 0 Å². The molecule has 1 rings (SSSR count). The molecule has 0 aromatic rings. The van der Waals surface area contributed by atoms with Crippen molar-refractivity contribution in [2.45, 2.75) is 26.2 Å². The van der Waals surface area contributed by atoms with E-state index in [1.54, 1.807) is 6.21 Å². The summed E-state index contributed by atoms with van der Waals surface area (Å²) >= 11 is 0. The van der Waals surface area contributed by atoms with Gasteiger partial charge in [-0.3, -0.25) is 4.99 Å². The van der Waals surface area contributed by atoms with Crippen LogP contribution in [0.25, 0.3) is 0 Å². The standard InChI is InChI=1S/C11H15N/c1-3-10-6-5-7-11(10)8-9-12-4-2/h3-4,8-9H,1,5-7H2,2H3/b9-8-,12-4+. The smallest absolute Gasteiger partial charge is 0.0266 e. The van der Waals surface area contributed by atoms with Gasteiger partial charge in [0.25, 0.3) is 0 Å². The van der Waals surface area contributed by atoms with Gasteiger partial charge < -0.3 is 0 Å². The Morgan fingerprint density at radius 3 is 2.75 bits per heavy atom. The van der Waals surface area contributed by atoms with Crippen LogP contribution in [0.3, 0.4) is 0 Å². The van der Waals surface area contributed by atoms with Crippen molar-refractivity contribution in [3.05, 3.63) is 36.1 Å². The van der Waals surface area contributed by atoms with Gasteiger partial charge in [0.2, 0.25) is 0 Å². The zero-order valence-electron chi connectivity index (χ0n) is 7.59. The maximum atomic E-state index is 4.03. The van der Waals surface area contributed by atoms with Gasteiger partial charge in [0, 0.05) is 12.4 Å². The molecule has 0 unspecified atom stereocenters. The fourth-order valence-electron chi connectivity index (χ4n) is 1.43. The molecule has 0 bridgehead atoms. The van der Waals surface area contributed by atoms with Crippen LogP contribution >= 0.6 is 0 Å². The Bertz CT molecular complexity index is 244. The van der Waals surface area contributed by atoms with Gasteiger partial charge >= 0.3 is 0 Å². The minimum atomic E-state index is 1.18. The first-order chi connectivity index (χ1) is 5.88. The molecular formula is C11H15N. The molecule has 1 heteroatoms. The van der Waals surface area contributed by atoms with Crippen molar-refractivity contribution in [2.75, 3.05) is 0 Å². The van der Waals surface area contributed by atoms with Gasteiger partial charge in [0.1, 0.15) is 0 Å². The third kappa shape index (κ3) is 2.19. The van der Waals surface area contributed by atoms with Gasteiger partial charge in [0.15, 0.2) is 0 Å². The van der Waals surface area contributed by atoms with Crippen LogP contribution in [-0.4, -0.2) is 6.21 Å². The maximum Gasteiger partial charge on any atom is 0.0266 e. The van der Waals surface area contributed by atoms with E-state index in [-0.39, 0.29) is 0 Å². The Kier molecular flexibility index (Phi) is 3.52. The van der Waals surface area contributed by atoms with Crippen LogP contribution in [0, 0.1) is 0 Å². The van der Waals surface area contributed by atoms with Gasteiger partial charge in [-0.2, -0.15) is 0 Å². The molecule has 0 fully saturated rings. The summed E-state index contributed by atoms with van der Waals surface area (Å²) in [7, 11) is 0. The van der Waals surface area contributed by atoms with E-state index in [1.165, 1.54) is 30.4 Å². The molecule has 1 aliphatic rings. The van der Waals surface area contributed by atoms with E-state index in [2.05, 4.69) is 17.6 Å².